The molecule has 0 saturated carbocycles. The fourth-order valence-electron chi connectivity index (χ4n) is 4.01. The summed E-state index contributed by atoms with van der Waals surface area (Å²) in [6, 6.07) is 19.0. The molecule has 0 radical (unpaired) electrons. The van der Waals surface area contributed by atoms with E-state index in [1.807, 2.05) is 30.6 Å². The van der Waals surface area contributed by atoms with Crippen LogP contribution in [0.15, 0.2) is 72.0 Å². The second-order valence-corrected chi connectivity index (χ2v) is 7.90. The molecule has 0 bridgehead atoms. The van der Waals surface area contributed by atoms with Gasteiger partial charge in [0.15, 0.2) is 0 Å². The highest BCUT2D eigenvalue weighted by atomic mass is 16.5. The number of methoxy groups -OCH3 is 1. The van der Waals surface area contributed by atoms with E-state index in [0.717, 1.165) is 35.4 Å². The van der Waals surface area contributed by atoms with E-state index >= 15 is 0 Å². The van der Waals surface area contributed by atoms with Crippen molar-refractivity contribution in [3.8, 4) is 11.1 Å². The van der Waals surface area contributed by atoms with Gasteiger partial charge in [0.25, 0.3) is 0 Å². The van der Waals surface area contributed by atoms with Crippen molar-refractivity contribution in [1.82, 2.24) is 10.3 Å². The SMILES string of the molecule is COCC(=O)NC[C@H](Cc1cncc(-c2ccc3c(c2)C(C)=NC3)c1)c1ccccc1. The van der Waals surface area contributed by atoms with E-state index in [9.17, 15) is 4.79 Å². The number of benzene rings is 2. The van der Waals surface area contributed by atoms with Gasteiger partial charge in [-0.1, -0.05) is 42.5 Å². The van der Waals surface area contributed by atoms with Gasteiger partial charge >= 0.3 is 0 Å². The molecule has 1 N–H and O–H groups in total. The summed E-state index contributed by atoms with van der Waals surface area (Å²) in [6.45, 7) is 3.45. The Hall–Kier alpha value is -3.31. The number of carbonyl (C=O) groups excluding carboxylic acids is 1. The molecule has 1 aliphatic rings. The second kappa shape index (κ2) is 9.67. The number of pyridine rings is 1. The van der Waals surface area contributed by atoms with Gasteiger partial charge < -0.3 is 10.1 Å². The third-order valence-electron chi connectivity index (χ3n) is 5.69. The smallest absolute Gasteiger partial charge is 0.246 e. The minimum absolute atomic E-state index is 0.0690. The Morgan fingerprint density at radius 2 is 1.94 bits per heavy atom. The van der Waals surface area contributed by atoms with E-state index in [4.69, 9.17) is 4.74 Å². The molecule has 0 unspecified atom stereocenters. The van der Waals surface area contributed by atoms with E-state index in [1.165, 1.54) is 23.8 Å². The third-order valence-corrected chi connectivity index (χ3v) is 5.69. The third kappa shape index (κ3) is 5.06. The Bertz CT molecular complexity index is 1090. The van der Waals surface area contributed by atoms with E-state index in [0.29, 0.717) is 6.54 Å². The Labute approximate surface area is 183 Å². The molecule has 0 spiro atoms. The minimum atomic E-state index is -0.106. The van der Waals surface area contributed by atoms with Crippen LogP contribution in [0.5, 0.6) is 0 Å². The van der Waals surface area contributed by atoms with Crippen molar-refractivity contribution in [2.45, 2.75) is 25.8 Å². The summed E-state index contributed by atoms with van der Waals surface area (Å²) >= 11 is 0. The number of aliphatic imine (C=N–C) groups is 1. The number of hydrogen-bond donors (Lipinski definition) is 1. The fraction of sp³-hybridized carbons (Fsp3) is 0.269. The largest absolute Gasteiger partial charge is 0.375 e. The van der Waals surface area contributed by atoms with E-state index < -0.39 is 0 Å². The first-order valence-corrected chi connectivity index (χ1v) is 10.5. The van der Waals surface area contributed by atoms with Crippen LogP contribution in [-0.2, 0) is 22.5 Å². The molecule has 2 heterocycles. The number of amides is 1. The van der Waals surface area contributed by atoms with Crippen LogP contribution in [-0.4, -0.2) is 36.9 Å². The topological polar surface area (TPSA) is 63.6 Å². The average Bonchev–Trinajstić information content (AvgIpc) is 3.18. The molecule has 5 heteroatoms. The van der Waals surface area contributed by atoms with Gasteiger partial charge in [0.2, 0.25) is 5.91 Å². The average molecular weight is 414 g/mol. The van der Waals surface area contributed by atoms with Gasteiger partial charge in [-0.2, -0.15) is 0 Å². The number of aromatic nitrogens is 1. The van der Waals surface area contributed by atoms with Gasteiger partial charge in [-0.25, -0.2) is 0 Å². The molecule has 0 aliphatic carbocycles. The number of nitrogens with one attached hydrogen (secondary N) is 1. The van der Waals surface area contributed by atoms with E-state index in [1.54, 1.807) is 0 Å². The Morgan fingerprint density at radius 3 is 2.74 bits per heavy atom. The Kier molecular flexibility index (Phi) is 6.53. The van der Waals surface area contributed by atoms with E-state index in [2.05, 4.69) is 58.6 Å². The zero-order valence-electron chi connectivity index (χ0n) is 18.0. The first kappa shape index (κ1) is 20.9. The lowest BCUT2D eigenvalue weighted by molar-refractivity contribution is -0.124. The van der Waals surface area contributed by atoms with Crippen molar-refractivity contribution in [3.05, 3.63) is 89.2 Å². The van der Waals surface area contributed by atoms with Gasteiger partial charge in [0.1, 0.15) is 6.61 Å². The first-order chi connectivity index (χ1) is 15.1. The van der Waals surface area contributed by atoms with Crippen molar-refractivity contribution in [2.24, 2.45) is 4.99 Å². The summed E-state index contributed by atoms with van der Waals surface area (Å²) in [5.41, 5.74) is 8.17. The van der Waals surface area contributed by atoms with Crippen LogP contribution >= 0.6 is 0 Å². The minimum Gasteiger partial charge on any atom is -0.375 e. The van der Waals surface area contributed by atoms with Crippen LogP contribution in [0.3, 0.4) is 0 Å². The molecule has 5 nitrogen and oxygen atoms in total. The summed E-state index contributed by atoms with van der Waals surface area (Å²) in [6.07, 6.45) is 4.60. The van der Waals surface area contributed by atoms with Crippen LogP contribution in [0.4, 0.5) is 0 Å². The summed E-state index contributed by atoms with van der Waals surface area (Å²) in [5.74, 6) is 0.0407. The highest BCUT2D eigenvalue weighted by Gasteiger charge is 2.16. The fourth-order valence-corrected chi connectivity index (χ4v) is 4.01. The normalized spacial score (nSPS) is 13.4. The quantitative estimate of drug-likeness (QED) is 0.603. The molecule has 2 aromatic carbocycles. The molecule has 1 aromatic heterocycles. The molecule has 31 heavy (non-hydrogen) atoms. The summed E-state index contributed by atoms with van der Waals surface area (Å²) in [5, 5.41) is 2.98. The predicted molar refractivity (Wildman–Crippen MR) is 123 cm³/mol. The number of rotatable bonds is 8. The van der Waals surface area contributed by atoms with Crippen LogP contribution in [0, 0.1) is 0 Å². The van der Waals surface area contributed by atoms with Gasteiger partial charge in [0, 0.05) is 48.8 Å². The second-order valence-electron chi connectivity index (χ2n) is 7.90. The Balaban J connectivity index is 1.56. The number of fused-ring (bicyclic) bond motifs is 1. The molecule has 4 rings (SSSR count). The number of carbonyl (C=O) groups is 1. The van der Waals surface area contributed by atoms with Crippen molar-refractivity contribution in [3.63, 3.8) is 0 Å². The maximum absolute atomic E-state index is 11.9. The molecular formula is C26H27N3O2. The molecule has 1 amide bonds. The lowest BCUT2D eigenvalue weighted by Gasteiger charge is -2.19. The van der Waals surface area contributed by atoms with E-state index in [-0.39, 0.29) is 18.4 Å². The summed E-state index contributed by atoms with van der Waals surface area (Å²) in [4.78, 5) is 21.0. The molecule has 0 saturated heterocycles. The van der Waals surface area contributed by atoms with Gasteiger partial charge in [-0.05, 0) is 47.7 Å². The lowest BCUT2D eigenvalue weighted by atomic mass is 9.91. The zero-order valence-corrected chi connectivity index (χ0v) is 18.0. The first-order valence-electron chi connectivity index (χ1n) is 10.5. The summed E-state index contributed by atoms with van der Waals surface area (Å²) in [7, 11) is 1.53. The van der Waals surface area contributed by atoms with Crippen molar-refractivity contribution < 1.29 is 9.53 Å². The molecular weight excluding hydrogens is 386 g/mol. The van der Waals surface area contributed by atoms with Crippen LogP contribution in [0.1, 0.15) is 35.1 Å². The number of nitrogens with zero attached hydrogens (tertiary/aromatic N) is 2. The Morgan fingerprint density at radius 1 is 1.10 bits per heavy atom. The lowest BCUT2D eigenvalue weighted by Crippen LogP contribution is -2.31. The molecule has 0 fully saturated rings. The number of ether oxygens (including phenoxy) is 1. The van der Waals surface area contributed by atoms with Crippen molar-refractivity contribution >= 4 is 11.6 Å². The molecule has 1 atom stereocenters. The van der Waals surface area contributed by atoms with Gasteiger partial charge in [-0.3, -0.25) is 14.8 Å². The van der Waals surface area contributed by atoms with Crippen molar-refractivity contribution in [1.29, 1.82) is 0 Å². The van der Waals surface area contributed by atoms with Gasteiger partial charge in [0.05, 0.1) is 6.54 Å². The maximum atomic E-state index is 11.9. The van der Waals surface area contributed by atoms with Crippen LogP contribution in [0.2, 0.25) is 0 Å². The highest BCUT2D eigenvalue weighted by molar-refractivity contribution is 6.02. The standard InChI is InChI=1S/C26H27N3O2/c1-18-25-12-21(8-9-22(25)15-28-18)23-10-19(13-27-14-23)11-24(16-29-26(30)17-31-2)20-6-4-3-5-7-20/h3-10,12-14,24H,11,15-17H2,1-2H3,(H,29,30)/t24-/m0/s1. The predicted octanol–water partition coefficient (Wildman–Crippen LogP) is 4.16. The number of hydrogen-bond acceptors (Lipinski definition) is 4. The molecule has 3 aromatic rings. The van der Waals surface area contributed by atoms with Crippen LogP contribution < -0.4 is 5.32 Å². The monoisotopic (exact) mass is 413 g/mol. The zero-order chi connectivity index (χ0) is 21.6. The highest BCUT2D eigenvalue weighted by Crippen LogP contribution is 2.28. The molecule has 158 valence electrons. The van der Waals surface area contributed by atoms with Crippen LogP contribution in [0.25, 0.3) is 11.1 Å². The van der Waals surface area contributed by atoms with Crippen molar-refractivity contribution in [2.75, 3.05) is 20.3 Å². The van der Waals surface area contributed by atoms with Gasteiger partial charge in [-0.15, -0.1) is 0 Å². The molecule has 1 aliphatic heterocycles. The maximum Gasteiger partial charge on any atom is 0.246 e. The summed E-state index contributed by atoms with van der Waals surface area (Å²) < 4.78 is 4.93.